The molecule has 0 saturated carbocycles. The second-order valence-corrected chi connectivity index (χ2v) is 3.64. The molecular weight excluding hydrogens is 196 g/mol. The molecule has 2 heterocycles. The van der Waals surface area contributed by atoms with E-state index in [4.69, 9.17) is 5.73 Å². The Balaban J connectivity index is 1.95. The number of hydrogen-bond acceptors (Lipinski definition) is 5. The Morgan fingerprint density at radius 1 is 1.50 bits per heavy atom. The van der Waals surface area contributed by atoms with Crippen LogP contribution in [0.1, 0.15) is 5.56 Å². The lowest BCUT2D eigenvalue weighted by Crippen LogP contribution is -1.97. The molecule has 0 atom stereocenters. The first-order valence-corrected chi connectivity index (χ1v) is 4.97. The van der Waals surface area contributed by atoms with Crippen molar-refractivity contribution >= 4 is 22.4 Å². The second kappa shape index (κ2) is 4.06. The van der Waals surface area contributed by atoms with Gasteiger partial charge in [-0.3, -0.25) is 4.98 Å². The molecule has 0 aromatic carbocycles. The number of nitrogens with zero attached hydrogens (tertiary/aromatic N) is 2. The van der Waals surface area contributed by atoms with E-state index in [1.165, 1.54) is 11.5 Å². The molecule has 0 bridgehead atoms. The molecule has 2 aromatic rings. The van der Waals surface area contributed by atoms with Crippen LogP contribution in [0.2, 0.25) is 0 Å². The molecule has 0 radical (unpaired) electrons. The maximum absolute atomic E-state index is 5.49. The molecule has 0 saturated heterocycles. The topological polar surface area (TPSA) is 63.8 Å². The van der Waals surface area contributed by atoms with Crippen LogP contribution in [0.4, 0.5) is 10.8 Å². The van der Waals surface area contributed by atoms with Crippen LogP contribution in [0.3, 0.4) is 0 Å². The molecule has 0 aliphatic carbocycles. The number of hydrogen-bond donors (Lipinski definition) is 2. The summed E-state index contributed by atoms with van der Waals surface area (Å²) in [6, 6.07) is 5.75. The average molecular weight is 206 g/mol. The van der Waals surface area contributed by atoms with Crippen molar-refractivity contribution in [2.45, 2.75) is 6.54 Å². The molecule has 3 N–H and O–H groups in total. The molecule has 2 rings (SSSR count). The van der Waals surface area contributed by atoms with Gasteiger partial charge in [-0.25, -0.2) is 0 Å². The lowest BCUT2D eigenvalue weighted by atomic mass is 10.3. The zero-order valence-electron chi connectivity index (χ0n) is 7.47. The monoisotopic (exact) mass is 206 g/mol. The van der Waals surface area contributed by atoms with Gasteiger partial charge in [0.05, 0.1) is 0 Å². The Hall–Kier alpha value is -1.62. The highest BCUT2D eigenvalue weighted by atomic mass is 32.1. The third-order valence-electron chi connectivity index (χ3n) is 1.72. The number of aromatic nitrogens is 2. The van der Waals surface area contributed by atoms with E-state index < -0.39 is 0 Å². The molecule has 2 aromatic heterocycles. The Bertz CT molecular complexity index is 398. The Morgan fingerprint density at radius 3 is 3.07 bits per heavy atom. The van der Waals surface area contributed by atoms with Gasteiger partial charge in [0.25, 0.3) is 0 Å². The molecule has 0 aliphatic rings. The van der Waals surface area contributed by atoms with Gasteiger partial charge in [-0.15, -0.1) is 0 Å². The normalized spacial score (nSPS) is 10.0. The fourth-order valence-corrected chi connectivity index (χ4v) is 1.63. The van der Waals surface area contributed by atoms with Gasteiger partial charge in [-0.1, -0.05) is 6.07 Å². The van der Waals surface area contributed by atoms with Crippen molar-refractivity contribution < 1.29 is 0 Å². The first-order chi connectivity index (χ1) is 6.84. The fourth-order valence-electron chi connectivity index (χ4n) is 1.06. The Kier molecular flexibility index (Phi) is 2.60. The lowest BCUT2D eigenvalue weighted by Gasteiger charge is -2.01. The molecule has 0 aliphatic heterocycles. The molecule has 14 heavy (non-hydrogen) atoms. The molecule has 0 amide bonds. The first kappa shape index (κ1) is 8.96. The van der Waals surface area contributed by atoms with Crippen LogP contribution in [0.15, 0.2) is 30.6 Å². The molecule has 4 nitrogen and oxygen atoms in total. The van der Waals surface area contributed by atoms with Crippen molar-refractivity contribution in [2.24, 2.45) is 0 Å². The van der Waals surface area contributed by atoms with Gasteiger partial charge in [0, 0.05) is 25.0 Å². The summed E-state index contributed by atoms with van der Waals surface area (Å²) in [7, 11) is 0. The summed E-state index contributed by atoms with van der Waals surface area (Å²) in [5.74, 6) is 0.559. The molecule has 5 heteroatoms. The highest BCUT2D eigenvalue weighted by molar-refractivity contribution is 7.10. The minimum atomic E-state index is 0.559. The number of nitrogens with two attached hydrogens (primary N) is 1. The number of anilines is 2. The summed E-state index contributed by atoms with van der Waals surface area (Å²) in [6.07, 6.45) is 3.59. The summed E-state index contributed by atoms with van der Waals surface area (Å²) >= 11 is 1.36. The van der Waals surface area contributed by atoms with E-state index in [2.05, 4.69) is 14.7 Å². The minimum Gasteiger partial charge on any atom is -0.383 e. The summed E-state index contributed by atoms with van der Waals surface area (Å²) in [4.78, 5) is 4.03. The van der Waals surface area contributed by atoms with E-state index in [9.17, 15) is 0 Å². The molecule has 72 valence electrons. The van der Waals surface area contributed by atoms with Crippen molar-refractivity contribution in [2.75, 3.05) is 11.1 Å². The van der Waals surface area contributed by atoms with E-state index >= 15 is 0 Å². The van der Waals surface area contributed by atoms with E-state index in [-0.39, 0.29) is 0 Å². The summed E-state index contributed by atoms with van der Waals surface area (Å²) in [6.45, 7) is 0.746. The minimum absolute atomic E-state index is 0.559. The molecule has 0 unspecified atom stereocenters. The maximum atomic E-state index is 5.49. The van der Waals surface area contributed by atoms with Crippen LogP contribution in [0, 0.1) is 0 Å². The molecule has 0 spiro atoms. The number of rotatable bonds is 3. The smallest absolute Gasteiger partial charge is 0.139 e. The highest BCUT2D eigenvalue weighted by Crippen LogP contribution is 2.17. The van der Waals surface area contributed by atoms with Crippen molar-refractivity contribution in [3.05, 3.63) is 36.2 Å². The highest BCUT2D eigenvalue weighted by Gasteiger charge is 1.97. The van der Waals surface area contributed by atoms with Crippen LogP contribution in [-0.2, 0) is 6.54 Å². The van der Waals surface area contributed by atoms with Crippen molar-refractivity contribution in [3.8, 4) is 0 Å². The van der Waals surface area contributed by atoms with Gasteiger partial charge in [0.1, 0.15) is 10.8 Å². The van der Waals surface area contributed by atoms with Gasteiger partial charge in [0.15, 0.2) is 0 Å². The Morgan fingerprint density at radius 2 is 2.43 bits per heavy atom. The fraction of sp³-hybridized carbons (Fsp3) is 0.111. The van der Waals surface area contributed by atoms with Crippen molar-refractivity contribution in [1.82, 2.24) is 9.36 Å². The van der Waals surface area contributed by atoms with Gasteiger partial charge in [-0.2, -0.15) is 4.37 Å². The van der Waals surface area contributed by atoms with Crippen molar-refractivity contribution in [1.29, 1.82) is 0 Å². The maximum Gasteiger partial charge on any atom is 0.139 e. The summed E-state index contributed by atoms with van der Waals surface area (Å²) < 4.78 is 3.97. The predicted octanol–water partition coefficient (Wildman–Crippen LogP) is 1.73. The zero-order chi connectivity index (χ0) is 9.80. The van der Waals surface area contributed by atoms with Gasteiger partial charge < -0.3 is 11.1 Å². The van der Waals surface area contributed by atoms with E-state index in [1.54, 1.807) is 6.20 Å². The number of nitrogens with one attached hydrogen (secondary N) is 1. The summed E-state index contributed by atoms with van der Waals surface area (Å²) in [5.41, 5.74) is 6.63. The van der Waals surface area contributed by atoms with E-state index in [0.717, 1.165) is 17.1 Å². The van der Waals surface area contributed by atoms with Crippen LogP contribution in [0.5, 0.6) is 0 Å². The van der Waals surface area contributed by atoms with Gasteiger partial charge in [0.2, 0.25) is 0 Å². The number of nitrogen functional groups attached to an aromatic ring is 1. The predicted molar refractivity (Wildman–Crippen MR) is 58.1 cm³/mol. The quantitative estimate of drug-likeness (QED) is 0.802. The van der Waals surface area contributed by atoms with E-state index in [1.807, 2.05) is 24.4 Å². The zero-order valence-corrected chi connectivity index (χ0v) is 8.29. The van der Waals surface area contributed by atoms with Crippen LogP contribution in [-0.4, -0.2) is 9.36 Å². The van der Waals surface area contributed by atoms with Crippen molar-refractivity contribution in [3.63, 3.8) is 0 Å². The average Bonchev–Trinajstić information content (AvgIpc) is 2.63. The summed E-state index contributed by atoms with van der Waals surface area (Å²) in [5, 5.41) is 4.20. The second-order valence-electron chi connectivity index (χ2n) is 2.83. The standard InChI is InChI=1S/C9H10N4S/c10-8-4-9(14-13-8)12-6-7-2-1-3-11-5-7/h1-5,12H,6H2,(H2,10,13). The Labute approximate surface area is 86.0 Å². The third-order valence-corrected chi connectivity index (χ3v) is 2.48. The molecular formula is C9H10N4S. The largest absolute Gasteiger partial charge is 0.383 e. The molecule has 0 fully saturated rings. The van der Waals surface area contributed by atoms with Crippen LogP contribution < -0.4 is 11.1 Å². The van der Waals surface area contributed by atoms with E-state index in [0.29, 0.717) is 5.82 Å². The van der Waals surface area contributed by atoms with Crippen LogP contribution >= 0.6 is 11.5 Å². The van der Waals surface area contributed by atoms with Gasteiger partial charge in [-0.05, 0) is 23.2 Å². The SMILES string of the molecule is Nc1cc(NCc2cccnc2)sn1. The van der Waals surface area contributed by atoms with Gasteiger partial charge >= 0.3 is 0 Å². The third kappa shape index (κ3) is 2.20. The van der Waals surface area contributed by atoms with Crippen LogP contribution in [0.25, 0.3) is 0 Å². The lowest BCUT2D eigenvalue weighted by molar-refractivity contribution is 1.12. The first-order valence-electron chi connectivity index (χ1n) is 4.19. The number of pyridine rings is 1.